The summed E-state index contributed by atoms with van der Waals surface area (Å²) in [5.74, 6) is 0.338. The van der Waals surface area contributed by atoms with Crippen LogP contribution in [0.4, 0.5) is 0 Å². The Morgan fingerprint density at radius 3 is 2.76 bits per heavy atom. The van der Waals surface area contributed by atoms with Gasteiger partial charge in [-0.15, -0.1) is 0 Å². The molecule has 2 heterocycles. The lowest BCUT2D eigenvalue weighted by Crippen LogP contribution is -2.41. The Morgan fingerprint density at radius 2 is 2.10 bits per heavy atom. The molecule has 1 aliphatic heterocycles. The molecule has 4 heteroatoms. The van der Waals surface area contributed by atoms with E-state index >= 15 is 0 Å². The Labute approximate surface area is 124 Å². The number of ether oxygens (including phenoxy) is 1. The zero-order valence-corrected chi connectivity index (χ0v) is 12.1. The fourth-order valence-corrected chi connectivity index (χ4v) is 2.99. The fourth-order valence-electron chi connectivity index (χ4n) is 2.99. The zero-order valence-electron chi connectivity index (χ0n) is 12.1. The topological polar surface area (TPSA) is 42.7 Å². The first kappa shape index (κ1) is 13.9. The maximum atomic E-state index is 12.5. The van der Waals surface area contributed by atoms with Crippen molar-refractivity contribution >= 4 is 5.91 Å². The van der Waals surface area contributed by atoms with E-state index < -0.39 is 0 Å². The second kappa shape index (κ2) is 6.14. The average Bonchev–Trinajstić information content (AvgIpc) is 3.17. The van der Waals surface area contributed by atoms with Crippen LogP contribution in [-0.2, 0) is 11.2 Å². The predicted octanol–water partition coefficient (Wildman–Crippen LogP) is 2.75. The molecule has 0 unspecified atom stereocenters. The molecule has 1 aliphatic rings. The number of furan rings is 1. The lowest BCUT2D eigenvalue weighted by Gasteiger charge is -2.27. The van der Waals surface area contributed by atoms with E-state index in [-0.39, 0.29) is 18.1 Å². The molecule has 1 aromatic heterocycles. The quantitative estimate of drug-likeness (QED) is 0.867. The number of benzene rings is 1. The molecule has 0 saturated carbocycles. The van der Waals surface area contributed by atoms with Crippen LogP contribution in [0, 0.1) is 0 Å². The predicted molar refractivity (Wildman–Crippen MR) is 79.1 cm³/mol. The van der Waals surface area contributed by atoms with E-state index in [1.165, 1.54) is 11.8 Å². The standard InChI is InChI=1S/C17H19NO3/c1-20-15-9-10-18(17(19)16-8-5-11-21-16)14(15)12-13-6-3-2-4-7-13/h2-8,11,14-15H,9-10,12H2,1H3/t14-,15-/m1/s1. The molecule has 1 saturated heterocycles. The number of hydrogen-bond acceptors (Lipinski definition) is 3. The van der Waals surface area contributed by atoms with Gasteiger partial charge in [-0.3, -0.25) is 4.79 Å². The highest BCUT2D eigenvalue weighted by Crippen LogP contribution is 2.26. The van der Waals surface area contributed by atoms with E-state index in [0.29, 0.717) is 12.3 Å². The monoisotopic (exact) mass is 285 g/mol. The summed E-state index contributed by atoms with van der Waals surface area (Å²) in [5.41, 5.74) is 1.21. The van der Waals surface area contributed by atoms with Crippen LogP contribution in [0.25, 0.3) is 0 Å². The number of likely N-dealkylation sites (tertiary alicyclic amines) is 1. The molecule has 0 N–H and O–H groups in total. The van der Waals surface area contributed by atoms with E-state index in [1.54, 1.807) is 19.2 Å². The maximum Gasteiger partial charge on any atom is 0.289 e. The van der Waals surface area contributed by atoms with Crippen LogP contribution in [0.1, 0.15) is 22.5 Å². The number of rotatable bonds is 4. The van der Waals surface area contributed by atoms with Crippen molar-refractivity contribution in [2.24, 2.45) is 0 Å². The number of nitrogens with zero attached hydrogens (tertiary/aromatic N) is 1. The SMILES string of the molecule is CO[C@@H]1CCN(C(=O)c2ccco2)[C@@H]1Cc1ccccc1. The van der Waals surface area contributed by atoms with Gasteiger partial charge in [0.1, 0.15) is 0 Å². The highest BCUT2D eigenvalue weighted by Gasteiger charge is 2.38. The smallest absolute Gasteiger partial charge is 0.289 e. The van der Waals surface area contributed by atoms with E-state index in [9.17, 15) is 4.79 Å². The third kappa shape index (κ3) is 2.85. The second-order valence-corrected chi connectivity index (χ2v) is 5.30. The number of carbonyl (C=O) groups is 1. The van der Waals surface area contributed by atoms with E-state index in [0.717, 1.165) is 12.8 Å². The molecule has 1 amide bonds. The van der Waals surface area contributed by atoms with Gasteiger partial charge in [-0.25, -0.2) is 0 Å². The molecule has 2 aromatic rings. The lowest BCUT2D eigenvalue weighted by atomic mass is 10.0. The molecule has 0 radical (unpaired) electrons. The highest BCUT2D eigenvalue weighted by molar-refractivity contribution is 5.92. The van der Waals surface area contributed by atoms with Crippen LogP contribution >= 0.6 is 0 Å². The number of carbonyl (C=O) groups excluding carboxylic acids is 1. The van der Waals surface area contributed by atoms with Crippen LogP contribution in [0.3, 0.4) is 0 Å². The normalized spacial score (nSPS) is 21.7. The second-order valence-electron chi connectivity index (χ2n) is 5.30. The minimum atomic E-state index is -0.0551. The van der Waals surface area contributed by atoms with Crippen molar-refractivity contribution in [1.82, 2.24) is 4.90 Å². The van der Waals surface area contributed by atoms with Gasteiger partial charge in [0.25, 0.3) is 5.91 Å². The first-order valence-corrected chi connectivity index (χ1v) is 7.21. The van der Waals surface area contributed by atoms with Crippen LogP contribution in [0.5, 0.6) is 0 Å². The molecule has 21 heavy (non-hydrogen) atoms. The van der Waals surface area contributed by atoms with Gasteiger partial charge in [0.15, 0.2) is 5.76 Å². The summed E-state index contributed by atoms with van der Waals surface area (Å²) in [5, 5.41) is 0. The molecule has 1 fully saturated rings. The Morgan fingerprint density at radius 1 is 1.29 bits per heavy atom. The van der Waals surface area contributed by atoms with Crippen molar-refractivity contribution in [1.29, 1.82) is 0 Å². The highest BCUT2D eigenvalue weighted by atomic mass is 16.5. The van der Waals surface area contributed by atoms with Crippen molar-refractivity contribution in [3.63, 3.8) is 0 Å². The van der Waals surface area contributed by atoms with Gasteiger partial charge in [0, 0.05) is 13.7 Å². The molecule has 0 aliphatic carbocycles. The molecule has 110 valence electrons. The summed E-state index contributed by atoms with van der Waals surface area (Å²) in [6.45, 7) is 0.704. The minimum Gasteiger partial charge on any atom is -0.459 e. The Hall–Kier alpha value is -2.07. The molecule has 2 atom stereocenters. The van der Waals surface area contributed by atoms with Crippen LogP contribution < -0.4 is 0 Å². The Bertz CT molecular complexity index is 579. The van der Waals surface area contributed by atoms with Gasteiger partial charge in [0.05, 0.1) is 18.4 Å². The number of methoxy groups -OCH3 is 1. The number of hydrogen-bond donors (Lipinski definition) is 0. The summed E-state index contributed by atoms with van der Waals surface area (Å²) in [4.78, 5) is 14.4. The van der Waals surface area contributed by atoms with Crippen molar-refractivity contribution < 1.29 is 13.9 Å². The van der Waals surface area contributed by atoms with Crippen LogP contribution in [-0.4, -0.2) is 36.6 Å². The largest absolute Gasteiger partial charge is 0.459 e. The zero-order chi connectivity index (χ0) is 14.7. The molecule has 1 aromatic carbocycles. The molecular weight excluding hydrogens is 266 g/mol. The lowest BCUT2D eigenvalue weighted by molar-refractivity contribution is 0.0487. The maximum absolute atomic E-state index is 12.5. The summed E-state index contributed by atoms with van der Waals surface area (Å²) >= 11 is 0. The summed E-state index contributed by atoms with van der Waals surface area (Å²) in [6.07, 6.45) is 3.26. The Balaban J connectivity index is 1.80. The van der Waals surface area contributed by atoms with Gasteiger partial charge in [-0.1, -0.05) is 30.3 Å². The summed E-state index contributed by atoms with van der Waals surface area (Å²) in [7, 11) is 1.71. The molecule has 4 nitrogen and oxygen atoms in total. The minimum absolute atomic E-state index is 0.0509. The van der Waals surface area contributed by atoms with Gasteiger partial charge < -0.3 is 14.1 Å². The first-order valence-electron chi connectivity index (χ1n) is 7.21. The summed E-state index contributed by atoms with van der Waals surface area (Å²) < 4.78 is 10.8. The average molecular weight is 285 g/mol. The Kier molecular flexibility index (Phi) is 4.06. The third-order valence-corrected chi connectivity index (χ3v) is 4.07. The van der Waals surface area contributed by atoms with Crippen molar-refractivity contribution in [2.45, 2.75) is 25.0 Å². The van der Waals surface area contributed by atoms with E-state index in [1.807, 2.05) is 23.1 Å². The molecular formula is C17H19NO3. The van der Waals surface area contributed by atoms with Crippen molar-refractivity contribution in [3.05, 3.63) is 60.1 Å². The van der Waals surface area contributed by atoms with Crippen molar-refractivity contribution in [2.75, 3.05) is 13.7 Å². The fraction of sp³-hybridized carbons (Fsp3) is 0.353. The van der Waals surface area contributed by atoms with Crippen molar-refractivity contribution in [3.8, 4) is 0 Å². The molecule has 0 bridgehead atoms. The van der Waals surface area contributed by atoms with Gasteiger partial charge in [-0.05, 0) is 30.5 Å². The van der Waals surface area contributed by atoms with Crippen LogP contribution in [0.2, 0.25) is 0 Å². The van der Waals surface area contributed by atoms with Crippen LogP contribution in [0.15, 0.2) is 53.1 Å². The third-order valence-electron chi connectivity index (χ3n) is 4.07. The van der Waals surface area contributed by atoms with E-state index in [2.05, 4.69) is 12.1 Å². The van der Waals surface area contributed by atoms with Gasteiger partial charge in [0.2, 0.25) is 0 Å². The number of amides is 1. The van der Waals surface area contributed by atoms with Gasteiger partial charge in [-0.2, -0.15) is 0 Å². The summed E-state index contributed by atoms with van der Waals surface area (Å²) in [6, 6.07) is 13.7. The molecule has 3 rings (SSSR count). The molecule has 0 spiro atoms. The first-order chi connectivity index (χ1) is 10.3. The van der Waals surface area contributed by atoms with E-state index in [4.69, 9.17) is 9.15 Å². The van der Waals surface area contributed by atoms with Gasteiger partial charge >= 0.3 is 0 Å².